The molecular formula is C14H11NOS2. The minimum absolute atomic E-state index is 0.585. The molecule has 0 bridgehead atoms. The first kappa shape index (κ1) is 11.4. The Kier molecular flexibility index (Phi) is 3.13. The van der Waals surface area contributed by atoms with Gasteiger partial charge in [-0.1, -0.05) is 30.3 Å². The molecule has 0 radical (unpaired) electrons. The molecule has 0 saturated carbocycles. The maximum Gasteiger partial charge on any atom is 0.159 e. The maximum absolute atomic E-state index is 5.77. The number of fused-ring (bicyclic) bond motifs is 1. The topological polar surface area (TPSA) is 25.0 Å². The summed E-state index contributed by atoms with van der Waals surface area (Å²) in [5.74, 6) is 0.872. The molecule has 0 aliphatic heterocycles. The van der Waals surface area contributed by atoms with Crippen molar-refractivity contribution < 1.29 is 4.74 Å². The molecule has 0 saturated heterocycles. The summed E-state index contributed by atoms with van der Waals surface area (Å²) in [5.41, 5.74) is 2.23. The number of ether oxygens (including phenoxy) is 1. The Morgan fingerprint density at radius 1 is 1.11 bits per heavy atom. The van der Waals surface area contributed by atoms with Crippen molar-refractivity contribution >= 4 is 33.8 Å². The van der Waals surface area contributed by atoms with E-state index in [2.05, 4.69) is 17.1 Å². The Morgan fingerprint density at radius 3 is 2.78 bits per heavy atom. The van der Waals surface area contributed by atoms with Gasteiger partial charge in [-0.05, 0) is 36.0 Å². The number of nitrogens with one attached hydrogen (secondary N) is 1. The highest BCUT2D eigenvalue weighted by molar-refractivity contribution is 7.73. The Hall–Kier alpha value is -1.65. The van der Waals surface area contributed by atoms with Crippen molar-refractivity contribution in [3.05, 3.63) is 58.0 Å². The first-order valence-electron chi connectivity index (χ1n) is 5.61. The summed E-state index contributed by atoms with van der Waals surface area (Å²) < 4.78 is 7.69. The van der Waals surface area contributed by atoms with E-state index in [1.807, 2.05) is 36.4 Å². The van der Waals surface area contributed by atoms with E-state index < -0.39 is 0 Å². The zero-order valence-corrected chi connectivity index (χ0v) is 11.2. The lowest BCUT2D eigenvalue weighted by Gasteiger charge is -2.05. The molecule has 90 valence electrons. The monoisotopic (exact) mass is 273 g/mol. The Morgan fingerprint density at radius 2 is 1.94 bits per heavy atom. The maximum atomic E-state index is 5.77. The second kappa shape index (κ2) is 4.92. The molecule has 2 nitrogen and oxygen atoms in total. The van der Waals surface area contributed by atoms with E-state index in [0.29, 0.717) is 6.61 Å². The van der Waals surface area contributed by atoms with Crippen molar-refractivity contribution in [3.8, 4) is 5.75 Å². The summed E-state index contributed by atoms with van der Waals surface area (Å²) in [6.07, 6.45) is 0. The highest BCUT2D eigenvalue weighted by atomic mass is 32.1. The molecule has 0 atom stereocenters. The fourth-order valence-electron chi connectivity index (χ4n) is 1.76. The third-order valence-corrected chi connectivity index (χ3v) is 3.84. The summed E-state index contributed by atoms with van der Waals surface area (Å²) in [7, 11) is 0. The van der Waals surface area contributed by atoms with Gasteiger partial charge < -0.3 is 9.72 Å². The molecule has 0 aliphatic carbocycles. The van der Waals surface area contributed by atoms with Crippen LogP contribution in [0, 0.1) is 3.95 Å². The number of hydrogen-bond acceptors (Lipinski definition) is 3. The number of rotatable bonds is 3. The van der Waals surface area contributed by atoms with Crippen LogP contribution < -0.4 is 4.74 Å². The zero-order valence-electron chi connectivity index (χ0n) is 9.55. The largest absolute Gasteiger partial charge is 0.489 e. The number of aromatic amines is 1. The molecule has 0 aliphatic rings. The van der Waals surface area contributed by atoms with E-state index in [4.69, 9.17) is 17.0 Å². The van der Waals surface area contributed by atoms with Crippen molar-refractivity contribution in [2.45, 2.75) is 6.61 Å². The third-order valence-electron chi connectivity index (χ3n) is 2.64. The van der Waals surface area contributed by atoms with Gasteiger partial charge >= 0.3 is 0 Å². The van der Waals surface area contributed by atoms with Crippen molar-refractivity contribution in [2.75, 3.05) is 0 Å². The average Bonchev–Trinajstić information content (AvgIpc) is 2.77. The fraction of sp³-hybridized carbons (Fsp3) is 0.0714. The van der Waals surface area contributed by atoms with Crippen molar-refractivity contribution in [3.63, 3.8) is 0 Å². The van der Waals surface area contributed by atoms with Gasteiger partial charge in [0.25, 0.3) is 0 Å². The van der Waals surface area contributed by atoms with E-state index in [1.165, 1.54) is 5.56 Å². The first-order chi connectivity index (χ1) is 8.81. The summed E-state index contributed by atoms with van der Waals surface area (Å²) in [5, 5.41) is 0. The van der Waals surface area contributed by atoms with Crippen LogP contribution in [0.2, 0.25) is 0 Å². The molecule has 1 N–H and O–H groups in total. The highest BCUT2D eigenvalue weighted by Gasteiger charge is 2.00. The van der Waals surface area contributed by atoms with Gasteiger partial charge in [-0.15, -0.1) is 11.3 Å². The van der Waals surface area contributed by atoms with Gasteiger partial charge in [-0.2, -0.15) is 0 Å². The molecule has 0 fully saturated rings. The van der Waals surface area contributed by atoms with Gasteiger partial charge in [0.15, 0.2) is 3.95 Å². The molecule has 0 unspecified atom stereocenters. The second-order valence-electron chi connectivity index (χ2n) is 3.95. The molecule has 4 heteroatoms. The Labute approximate surface area is 114 Å². The van der Waals surface area contributed by atoms with Crippen LogP contribution in [-0.4, -0.2) is 4.98 Å². The molecule has 0 amide bonds. The normalized spacial score (nSPS) is 10.7. The van der Waals surface area contributed by atoms with Crippen molar-refractivity contribution in [2.24, 2.45) is 0 Å². The van der Waals surface area contributed by atoms with E-state index in [-0.39, 0.29) is 0 Å². The summed E-state index contributed by atoms with van der Waals surface area (Å²) in [6.45, 7) is 0.585. The standard InChI is InChI=1S/C14H11NOS2/c17-14-15-12-7-6-11(8-13(12)18-14)16-9-10-4-2-1-3-5-10/h1-8H,9H2,(H,15,17). The smallest absolute Gasteiger partial charge is 0.159 e. The van der Waals surface area contributed by atoms with E-state index >= 15 is 0 Å². The average molecular weight is 273 g/mol. The molecule has 3 rings (SSSR count). The number of thiazole rings is 1. The number of benzene rings is 2. The molecule has 1 heterocycles. The van der Waals surface area contributed by atoms with E-state index in [1.54, 1.807) is 11.3 Å². The SMILES string of the molecule is S=c1[nH]c2ccc(OCc3ccccc3)cc2s1. The van der Waals surface area contributed by atoms with Crippen LogP contribution in [0.3, 0.4) is 0 Å². The molecule has 18 heavy (non-hydrogen) atoms. The van der Waals surface area contributed by atoms with Crippen LogP contribution in [0.4, 0.5) is 0 Å². The van der Waals surface area contributed by atoms with Gasteiger partial charge in [0.1, 0.15) is 12.4 Å². The Bertz CT molecular complexity index is 715. The van der Waals surface area contributed by atoms with Gasteiger partial charge in [-0.3, -0.25) is 0 Å². The lowest BCUT2D eigenvalue weighted by Crippen LogP contribution is -1.94. The summed E-state index contributed by atoms with van der Waals surface area (Å²) in [6, 6.07) is 16.1. The number of H-pyrrole nitrogens is 1. The highest BCUT2D eigenvalue weighted by Crippen LogP contribution is 2.24. The van der Waals surface area contributed by atoms with Crippen molar-refractivity contribution in [1.82, 2.24) is 4.98 Å². The van der Waals surface area contributed by atoms with Crippen LogP contribution >= 0.6 is 23.6 Å². The zero-order chi connectivity index (χ0) is 12.4. The summed E-state index contributed by atoms with van der Waals surface area (Å²) >= 11 is 6.69. The molecule has 0 spiro atoms. The molecule has 3 aromatic rings. The predicted molar refractivity (Wildman–Crippen MR) is 77.8 cm³/mol. The summed E-state index contributed by atoms with van der Waals surface area (Å²) in [4.78, 5) is 3.14. The minimum Gasteiger partial charge on any atom is -0.489 e. The van der Waals surface area contributed by atoms with Gasteiger partial charge in [-0.25, -0.2) is 0 Å². The van der Waals surface area contributed by atoms with E-state index in [9.17, 15) is 0 Å². The third kappa shape index (κ3) is 2.44. The predicted octanol–water partition coefficient (Wildman–Crippen LogP) is 4.54. The van der Waals surface area contributed by atoms with Crippen LogP contribution in [0.5, 0.6) is 5.75 Å². The fourth-order valence-corrected chi connectivity index (χ4v) is 2.90. The first-order valence-corrected chi connectivity index (χ1v) is 6.83. The number of hydrogen-bond donors (Lipinski definition) is 1. The second-order valence-corrected chi connectivity index (χ2v) is 5.67. The molecule has 2 aromatic carbocycles. The van der Waals surface area contributed by atoms with Gasteiger partial charge in [0.05, 0.1) is 10.2 Å². The van der Waals surface area contributed by atoms with Crippen molar-refractivity contribution in [1.29, 1.82) is 0 Å². The molecule has 1 aromatic heterocycles. The number of aromatic nitrogens is 1. The van der Waals surface area contributed by atoms with Crippen LogP contribution in [0.15, 0.2) is 48.5 Å². The quantitative estimate of drug-likeness (QED) is 0.709. The minimum atomic E-state index is 0.585. The van der Waals surface area contributed by atoms with Crippen LogP contribution in [-0.2, 0) is 6.61 Å². The Balaban J connectivity index is 1.80. The van der Waals surface area contributed by atoms with E-state index in [0.717, 1.165) is 19.9 Å². The van der Waals surface area contributed by atoms with Crippen LogP contribution in [0.1, 0.15) is 5.56 Å². The van der Waals surface area contributed by atoms with Gasteiger partial charge in [0.2, 0.25) is 0 Å². The van der Waals surface area contributed by atoms with Crippen LogP contribution in [0.25, 0.3) is 10.2 Å². The van der Waals surface area contributed by atoms with Gasteiger partial charge in [0, 0.05) is 0 Å². The lowest BCUT2D eigenvalue weighted by atomic mass is 10.2. The lowest BCUT2D eigenvalue weighted by molar-refractivity contribution is 0.306. The molecular weight excluding hydrogens is 262 g/mol.